The van der Waals surface area contributed by atoms with E-state index in [0.717, 1.165) is 12.8 Å². The summed E-state index contributed by atoms with van der Waals surface area (Å²) in [7, 11) is 0. The molecule has 0 saturated carbocycles. The summed E-state index contributed by atoms with van der Waals surface area (Å²) < 4.78 is 0. The zero-order chi connectivity index (χ0) is 13.1. The van der Waals surface area contributed by atoms with Crippen LogP contribution >= 0.6 is 0 Å². The number of hydrogen-bond donors (Lipinski definition) is 1. The molecule has 2 heterocycles. The molecule has 0 bridgehead atoms. The number of rotatable bonds is 3. The number of aromatic carboxylic acids is 1. The standard InChI is InChI=1S/C13H16N2O3/c1-2-9-5-7-15(8-9)12(16)11-10(13(17)18)4-3-6-14-11/h3-4,6,9H,2,5,7-8H2,1H3,(H,17,18). The second-order valence-electron chi connectivity index (χ2n) is 4.52. The Morgan fingerprint density at radius 1 is 1.56 bits per heavy atom. The van der Waals surface area contributed by atoms with Gasteiger partial charge in [-0.3, -0.25) is 9.78 Å². The number of carbonyl (C=O) groups is 2. The quantitative estimate of drug-likeness (QED) is 0.883. The molecular formula is C13H16N2O3. The molecule has 1 aromatic heterocycles. The molecule has 1 atom stereocenters. The number of carboxylic acids is 1. The maximum absolute atomic E-state index is 12.2. The minimum absolute atomic E-state index is 0.0255. The lowest BCUT2D eigenvalue weighted by Crippen LogP contribution is -2.30. The summed E-state index contributed by atoms with van der Waals surface area (Å²) in [6.07, 6.45) is 3.47. The van der Waals surface area contributed by atoms with Crippen molar-refractivity contribution in [3.05, 3.63) is 29.6 Å². The summed E-state index contributed by atoms with van der Waals surface area (Å²) in [4.78, 5) is 28.9. The number of aromatic nitrogens is 1. The van der Waals surface area contributed by atoms with Crippen molar-refractivity contribution in [3.8, 4) is 0 Å². The minimum atomic E-state index is -1.11. The maximum Gasteiger partial charge on any atom is 0.338 e. The molecule has 0 aliphatic carbocycles. The van der Waals surface area contributed by atoms with Gasteiger partial charge in [-0.15, -0.1) is 0 Å². The third kappa shape index (κ3) is 2.34. The summed E-state index contributed by atoms with van der Waals surface area (Å²) >= 11 is 0. The van der Waals surface area contributed by atoms with Crippen LogP contribution < -0.4 is 0 Å². The molecule has 1 aromatic rings. The van der Waals surface area contributed by atoms with Crippen LogP contribution in [0.5, 0.6) is 0 Å². The van der Waals surface area contributed by atoms with Crippen molar-refractivity contribution in [1.82, 2.24) is 9.88 Å². The highest BCUT2D eigenvalue weighted by molar-refractivity contribution is 6.03. The Balaban J connectivity index is 2.22. The van der Waals surface area contributed by atoms with Gasteiger partial charge in [-0.1, -0.05) is 13.3 Å². The van der Waals surface area contributed by atoms with Crippen molar-refractivity contribution < 1.29 is 14.7 Å². The molecular weight excluding hydrogens is 232 g/mol. The Bertz CT molecular complexity index is 473. The van der Waals surface area contributed by atoms with E-state index in [1.165, 1.54) is 18.3 Å². The van der Waals surface area contributed by atoms with Crippen molar-refractivity contribution in [2.75, 3.05) is 13.1 Å². The summed E-state index contributed by atoms with van der Waals surface area (Å²) in [6.45, 7) is 3.49. The van der Waals surface area contributed by atoms with Gasteiger partial charge in [0.05, 0.1) is 5.56 Å². The summed E-state index contributed by atoms with van der Waals surface area (Å²) in [5.74, 6) is -0.868. The lowest BCUT2D eigenvalue weighted by molar-refractivity contribution is 0.0678. The van der Waals surface area contributed by atoms with Gasteiger partial charge in [0.1, 0.15) is 5.69 Å². The maximum atomic E-state index is 12.2. The number of likely N-dealkylation sites (tertiary alicyclic amines) is 1. The molecule has 1 aliphatic heterocycles. The van der Waals surface area contributed by atoms with Crippen molar-refractivity contribution in [3.63, 3.8) is 0 Å². The largest absolute Gasteiger partial charge is 0.478 e. The van der Waals surface area contributed by atoms with E-state index in [2.05, 4.69) is 11.9 Å². The Labute approximate surface area is 105 Å². The lowest BCUT2D eigenvalue weighted by Gasteiger charge is -2.16. The molecule has 0 radical (unpaired) electrons. The summed E-state index contributed by atoms with van der Waals surface area (Å²) in [5.41, 5.74) is 0.0178. The smallest absolute Gasteiger partial charge is 0.338 e. The first-order valence-corrected chi connectivity index (χ1v) is 6.11. The lowest BCUT2D eigenvalue weighted by atomic mass is 10.1. The van der Waals surface area contributed by atoms with Gasteiger partial charge in [-0.25, -0.2) is 4.79 Å². The van der Waals surface area contributed by atoms with E-state index in [9.17, 15) is 9.59 Å². The van der Waals surface area contributed by atoms with Crippen LogP contribution in [-0.4, -0.2) is 40.0 Å². The van der Waals surface area contributed by atoms with E-state index < -0.39 is 5.97 Å². The van der Waals surface area contributed by atoms with Gasteiger partial charge in [0.25, 0.3) is 5.91 Å². The molecule has 1 saturated heterocycles. The second kappa shape index (κ2) is 5.16. The molecule has 5 heteroatoms. The van der Waals surface area contributed by atoms with Crippen LogP contribution in [0, 0.1) is 5.92 Å². The van der Waals surface area contributed by atoms with E-state index in [4.69, 9.17) is 5.11 Å². The van der Waals surface area contributed by atoms with Crippen LogP contribution in [0.2, 0.25) is 0 Å². The molecule has 1 unspecified atom stereocenters. The van der Waals surface area contributed by atoms with Crippen molar-refractivity contribution in [2.24, 2.45) is 5.92 Å². The van der Waals surface area contributed by atoms with Gasteiger partial charge in [0.2, 0.25) is 0 Å². The highest BCUT2D eigenvalue weighted by Gasteiger charge is 2.28. The van der Waals surface area contributed by atoms with Crippen LogP contribution in [0.4, 0.5) is 0 Å². The highest BCUT2D eigenvalue weighted by atomic mass is 16.4. The molecule has 1 N–H and O–H groups in total. The van der Waals surface area contributed by atoms with E-state index in [0.29, 0.717) is 19.0 Å². The molecule has 0 spiro atoms. The van der Waals surface area contributed by atoms with Crippen molar-refractivity contribution >= 4 is 11.9 Å². The average molecular weight is 248 g/mol. The summed E-state index contributed by atoms with van der Waals surface area (Å²) in [6, 6.07) is 2.94. The first kappa shape index (κ1) is 12.5. The number of carbonyl (C=O) groups excluding carboxylic acids is 1. The molecule has 96 valence electrons. The molecule has 0 aromatic carbocycles. The van der Waals surface area contributed by atoms with Gasteiger partial charge in [0.15, 0.2) is 0 Å². The average Bonchev–Trinajstić information content (AvgIpc) is 2.86. The zero-order valence-electron chi connectivity index (χ0n) is 10.3. The van der Waals surface area contributed by atoms with Gasteiger partial charge in [-0.2, -0.15) is 0 Å². The molecule has 1 aliphatic rings. The highest BCUT2D eigenvalue weighted by Crippen LogP contribution is 2.21. The monoisotopic (exact) mass is 248 g/mol. The summed E-state index contributed by atoms with van der Waals surface area (Å²) in [5, 5.41) is 9.04. The molecule has 5 nitrogen and oxygen atoms in total. The molecule has 2 rings (SSSR count). The van der Waals surface area contributed by atoms with Gasteiger partial charge in [0, 0.05) is 19.3 Å². The van der Waals surface area contributed by atoms with E-state index in [1.807, 2.05) is 0 Å². The fourth-order valence-electron chi connectivity index (χ4n) is 2.25. The fraction of sp³-hybridized carbons (Fsp3) is 0.462. The van der Waals surface area contributed by atoms with Crippen LogP contribution in [0.25, 0.3) is 0 Å². The van der Waals surface area contributed by atoms with Gasteiger partial charge < -0.3 is 10.0 Å². The molecule has 1 fully saturated rings. The SMILES string of the molecule is CCC1CCN(C(=O)c2ncccc2C(=O)O)C1. The number of amides is 1. The number of pyridine rings is 1. The predicted octanol–water partition coefficient (Wildman–Crippen LogP) is 1.65. The minimum Gasteiger partial charge on any atom is -0.478 e. The van der Waals surface area contributed by atoms with Gasteiger partial charge in [-0.05, 0) is 24.5 Å². The molecule has 1 amide bonds. The van der Waals surface area contributed by atoms with Crippen LogP contribution in [0.3, 0.4) is 0 Å². The second-order valence-corrected chi connectivity index (χ2v) is 4.52. The van der Waals surface area contributed by atoms with Crippen LogP contribution in [-0.2, 0) is 0 Å². The van der Waals surface area contributed by atoms with Crippen molar-refractivity contribution in [1.29, 1.82) is 0 Å². The number of carboxylic acid groups (broad SMARTS) is 1. The Morgan fingerprint density at radius 3 is 2.94 bits per heavy atom. The topological polar surface area (TPSA) is 70.5 Å². The number of nitrogens with zero attached hydrogens (tertiary/aromatic N) is 2. The predicted molar refractivity (Wildman–Crippen MR) is 65.5 cm³/mol. The Morgan fingerprint density at radius 2 is 2.33 bits per heavy atom. The van der Waals surface area contributed by atoms with E-state index in [-0.39, 0.29) is 17.2 Å². The van der Waals surface area contributed by atoms with Crippen LogP contribution in [0.15, 0.2) is 18.3 Å². The van der Waals surface area contributed by atoms with Crippen LogP contribution in [0.1, 0.15) is 40.6 Å². The fourth-order valence-corrected chi connectivity index (χ4v) is 2.25. The molecule has 18 heavy (non-hydrogen) atoms. The van der Waals surface area contributed by atoms with Crippen molar-refractivity contribution in [2.45, 2.75) is 19.8 Å². The normalized spacial score (nSPS) is 18.9. The number of hydrogen-bond acceptors (Lipinski definition) is 3. The third-order valence-corrected chi connectivity index (χ3v) is 3.39. The first-order chi connectivity index (χ1) is 8.63. The first-order valence-electron chi connectivity index (χ1n) is 6.11. The van der Waals surface area contributed by atoms with Gasteiger partial charge >= 0.3 is 5.97 Å². The van der Waals surface area contributed by atoms with E-state index in [1.54, 1.807) is 4.90 Å². The van der Waals surface area contributed by atoms with E-state index >= 15 is 0 Å². The third-order valence-electron chi connectivity index (χ3n) is 3.39. The Hall–Kier alpha value is -1.91. The zero-order valence-corrected chi connectivity index (χ0v) is 10.3. The Kier molecular flexibility index (Phi) is 3.60.